The molecular weight excluding hydrogens is 184 g/mol. The van der Waals surface area contributed by atoms with Gasteiger partial charge in [-0.15, -0.1) is 0 Å². The first kappa shape index (κ1) is 10.6. The molecule has 0 unspecified atom stereocenters. The predicted octanol–water partition coefficient (Wildman–Crippen LogP) is 2.80. The number of likely N-dealkylation sites (tertiary alicyclic amines) is 1. The molecule has 2 heteroatoms. The predicted molar refractivity (Wildman–Crippen MR) is 62.8 cm³/mol. The summed E-state index contributed by atoms with van der Waals surface area (Å²) in [5.41, 5.74) is 2.63. The molecule has 0 atom stereocenters. The monoisotopic (exact) mass is 204 g/mol. The van der Waals surface area contributed by atoms with Crippen LogP contribution in [0.15, 0.2) is 18.3 Å². The number of aromatic nitrogens is 1. The molecule has 2 nitrogen and oxygen atoms in total. The lowest BCUT2D eigenvalue weighted by Gasteiger charge is -2.14. The van der Waals surface area contributed by atoms with E-state index in [2.05, 4.69) is 35.9 Å². The van der Waals surface area contributed by atoms with Crippen LogP contribution in [0.25, 0.3) is 0 Å². The number of pyridine rings is 1. The standard InChI is InChI=1S/C13H20N2/c1-11(2)12-5-6-14-13(9-12)10-15-7-3-4-8-15/h5-6,9,11H,3-4,7-8,10H2,1-2H3. The lowest BCUT2D eigenvalue weighted by molar-refractivity contribution is 0.327. The normalized spacial score (nSPS) is 17.5. The van der Waals surface area contributed by atoms with E-state index in [4.69, 9.17) is 0 Å². The van der Waals surface area contributed by atoms with E-state index in [1.807, 2.05) is 6.20 Å². The lowest BCUT2D eigenvalue weighted by atomic mass is 10.0. The summed E-state index contributed by atoms with van der Waals surface area (Å²) in [5.74, 6) is 0.602. The van der Waals surface area contributed by atoms with E-state index in [0.29, 0.717) is 5.92 Å². The van der Waals surface area contributed by atoms with Gasteiger partial charge in [0.1, 0.15) is 0 Å². The SMILES string of the molecule is CC(C)c1ccnc(CN2CCCC2)c1. The lowest BCUT2D eigenvalue weighted by Crippen LogP contribution is -2.19. The molecular formula is C13H20N2. The molecule has 0 amide bonds. The largest absolute Gasteiger partial charge is 0.298 e. The summed E-state index contributed by atoms with van der Waals surface area (Å²) in [6.07, 6.45) is 4.65. The first-order valence-electron chi connectivity index (χ1n) is 5.93. The Kier molecular flexibility index (Phi) is 3.37. The molecule has 1 aliphatic rings. The van der Waals surface area contributed by atoms with Gasteiger partial charge in [0.2, 0.25) is 0 Å². The molecule has 1 aromatic heterocycles. The molecule has 0 saturated carbocycles. The highest BCUT2D eigenvalue weighted by atomic mass is 15.1. The Morgan fingerprint density at radius 3 is 2.73 bits per heavy atom. The van der Waals surface area contributed by atoms with Crippen LogP contribution < -0.4 is 0 Å². The zero-order chi connectivity index (χ0) is 10.7. The third-order valence-electron chi connectivity index (χ3n) is 3.09. The fourth-order valence-electron chi connectivity index (χ4n) is 2.11. The second-order valence-electron chi connectivity index (χ2n) is 4.72. The molecule has 2 heterocycles. The molecule has 0 radical (unpaired) electrons. The molecule has 2 rings (SSSR count). The Hall–Kier alpha value is -0.890. The average molecular weight is 204 g/mol. The van der Waals surface area contributed by atoms with Crippen LogP contribution in [0.2, 0.25) is 0 Å². The smallest absolute Gasteiger partial charge is 0.0546 e. The van der Waals surface area contributed by atoms with E-state index in [-0.39, 0.29) is 0 Å². The van der Waals surface area contributed by atoms with Crippen LogP contribution in [0, 0.1) is 0 Å². The van der Waals surface area contributed by atoms with Crippen molar-refractivity contribution in [3.63, 3.8) is 0 Å². The van der Waals surface area contributed by atoms with Gasteiger partial charge in [-0.3, -0.25) is 9.88 Å². The maximum atomic E-state index is 4.44. The summed E-state index contributed by atoms with van der Waals surface area (Å²) in [7, 11) is 0. The highest BCUT2D eigenvalue weighted by Crippen LogP contribution is 2.16. The number of rotatable bonds is 3. The van der Waals surface area contributed by atoms with Gasteiger partial charge in [0.25, 0.3) is 0 Å². The van der Waals surface area contributed by atoms with Gasteiger partial charge in [0, 0.05) is 12.7 Å². The molecule has 1 aromatic rings. The summed E-state index contributed by atoms with van der Waals surface area (Å²) in [4.78, 5) is 6.94. The van der Waals surface area contributed by atoms with E-state index in [9.17, 15) is 0 Å². The Labute approximate surface area is 92.3 Å². The van der Waals surface area contributed by atoms with Crippen LogP contribution in [-0.2, 0) is 6.54 Å². The number of hydrogen-bond donors (Lipinski definition) is 0. The Bertz CT molecular complexity index is 314. The van der Waals surface area contributed by atoms with Crippen LogP contribution in [0.3, 0.4) is 0 Å². The van der Waals surface area contributed by atoms with Crippen molar-refractivity contribution >= 4 is 0 Å². The maximum absolute atomic E-state index is 4.44. The summed E-state index contributed by atoms with van der Waals surface area (Å²) >= 11 is 0. The van der Waals surface area contributed by atoms with Gasteiger partial charge in [-0.05, 0) is 49.5 Å². The fourth-order valence-corrected chi connectivity index (χ4v) is 2.11. The van der Waals surface area contributed by atoms with E-state index in [1.165, 1.54) is 37.2 Å². The second-order valence-corrected chi connectivity index (χ2v) is 4.72. The van der Waals surface area contributed by atoms with E-state index in [0.717, 1.165) is 6.54 Å². The summed E-state index contributed by atoms with van der Waals surface area (Å²) in [5, 5.41) is 0. The summed E-state index contributed by atoms with van der Waals surface area (Å²) in [6, 6.07) is 4.38. The van der Waals surface area contributed by atoms with Crippen molar-refractivity contribution in [1.82, 2.24) is 9.88 Å². The number of hydrogen-bond acceptors (Lipinski definition) is 2. The minimum atomic E-state index is 0.602. The first-order valence-corrected chi connectivity index (χ1v) is 5.93. The van der Waals surface area contributed by atoms with Crippen molar-refractivity contribution in [3.8, 4) is 0 Å². The van der Waals surface area contributed by atoms with Crippen LogP contribution in [0.1, 0.15) is 43.9 Å². The average Bonchev–Trinajstić information content (AvgIpc) is 2.71. The molecule has 0 aromatic carbocycles. The van der Waals surface area contributed by atoms with E-state index < -0.39 is 0 Å². The first-order chi connectivity index (χ1) is 7.25. The second kappa shape index (κ2) is 4.75. The number of nitrogens with zero attached hydrogens (tertiary/aromatic N) is 2. The van der Waals surface area contributed by atoms with E-state index >= 15 is 0 Å². The molecule has 15 heavy (non-hydrogen) atoms. The van der Waals surface area contributed by atoms with Gasteiger partial charge in [-0.25, -0.2) is 0 Å². The molecule has 0 spiro atoms. The van der Waals surface area contributed by atoms with Crippen molar-refractivity contribution < 1.29 is 0 Å². The highest BCUT2D eigenvalue weighted by molar-refractivity contribution is 5.19. The van der Waals surface area contributed by atoms with Gasteiger partial charge in [0.05, 0.1) is 5.69 Å². The minimum Gasteiger partial charge on any atom is -0.298 e. The molecule has 1 saturated heterocycles. The Morgan fingerprint density at radius 1 is 1.33 bits per heavy atom. The van der Waals surface area contributed by atoms with Crippen LogP contribution in [0.5, 0.6) is 0 Å². The Balaban J connectivity index is 2.04. The molecule has 0 aliphatic carbocycles. The summed E-state index contributed by atoms with van der Waals surface area (Å²) < 4.78 is 0. The molecule has 82 valence electrons. The van der Waals surface area contributed by atoms with Gasteiger partial charge < -0.3 is 0 Å². The topological polar surface area (TPSA) is 16.1 Å². The van der Waals surface area contributed by atoms with Crippen molar-refractivity contribution in [2.45, 2.75) is 39.2 Å². The zero-order valence-electron chi connectivity index (χ0n) is 9.74. The molecule has 1 fully saturated rings. The zero-order valence-corrected chi connectivity index (χ0v) is 9.74. The Morgan fingerprint density at radius 2 is 2.07 bits per heavy atom. The third kappa shape index (κ3) is 2.78. The van der Waals surface area contributed by atoms with Gasteiger partial charge in [-0.1, -0.05) is 13.8 Å². The van der Waals surface area contributed by atoms with Crippen molar-refractivity contribution in [2.24, 2.45) is 0 Å². The van der Waals surface area contributed by atoms with E-state index in [1.54, 1.807) is 0 Å². The van der Waals surface area contributed by atoms with Gasteiger partial charge in [0.15, 0.2) is 0 Å². The molecule has 0 bridgehead atoms. The van der Waals surface area contributed by atoms with Crippen LogP contribution >= 0.6 is 0 Å². The minimum absolute atomic E-state index is 0.602. The van der Waals surface area contributed by atoms with Crippen LogP contribution in [0.4, 0.5) is 0 Å². The maximum Gasteiger partial charge on any atom is 0.0546 e. The highest BCUT2D eigenvalue weighted by Gasteiger charge is 2.12. The van der Waals surface area contributed by atoms with Gasteiger partial charge in [-0.2, -0.15) is 0 Å². The van der Waals surface area contributed by atoms with Crippen molar-refractivity contribution in [1.29, 1.82) is 0 Å². The molecule has 1 aliphatic heterocycles. The quantitative estimate of drug-likeness (QED) is 0.752. The summed E-state index contributed by atoms with van der Waals surface area (Å²) in [6.45, 7) is 7.98. The van der Waals surface area contributed by atoms with Crippen LogP contribution in [-0.4, -0.2) is 23.0 Å². The third-order valence-corrected chi connectivity index (χ3v) is 3.09. The van der Waals surface area contributed by atoms with Crippen molar-refractivity contribution in [3.05, 3.63) is 29.6 Å². The van der Waals surface area contributed by atoms with Gasteiger partial charge >= 0.3 is 0 Å². The molecule has 0 N–H and O–H groups in total. The fraction of sp³-hybridized carbons (Fsp3) is 0.615. The van der Waals surface area contributed by atoms with Crippen molar-refractivity contribution in [2.75, 3.05) is 13.1 Å².